The predicted molar refractivity (Wildman–Crippen MR) is 59.2 cm³/mol. The van der Waals surface area contributed by atoms with E-state index in [0.29, 0.717) is 24.0 Å². The van der Waals surface area contributed by atoms with Gasteiger partial charge in [-0.2, -0.15) is 0 Å². The fraction of sp³-hybridized carbons (Fsp3) is 0.500. The number of aromatic nitrogens is 1. The Labute approximate surface area is 91.8 Å². The highest BCUT2D eigenvalue weighted by atomic mass is 32.2. The topological polar surface area (TPSA) is 59.4 Å². The van der Waals surface area contributed by atoms with E-state index in [1.807, 2.05) is 13.0 Å². The third-order valence-electron chi connectivity index (χ3n) is 1.70. The molecule has 1 aromatic heterocycles. The molecule has 0 saturated heterocycles. The molecule has 0 aliphatic heterocycles. The Morgan fingerprint density at radius 2 is 2.33 bits per heavy atom. The Balaban J connectivity index is 2.60. The van der Waals surface area contributed by atoms with Crippen LogP contribution in [-0.2, 0) is 16.6 Å². The first-order valence-electron chi connectivity index (χ1n) is 4.80. The molecule has 15 heavy (non-hydrogen) atoms. The normalized spacial score (nSPS) is 12.4. The van der Waals surface area contributed by atoms with E-state index in [4.69, 9.17) is 9.84 Å². The molecule has 0 amide bonds. The first-order chi connectivity index (χ1) is 7.26. The van der Waals surface area contributed by atoms with Gasteiger partial charge < -0.3 is 9.84 Å². The molecule has 1 atom stereocenters. The Morgan fingerprint density at radius 3 is 3.00 bits per heavy atom. The van der Waals surface area contributed by atoms with E-state index in [9.17, 15) is 4.21 Å². The Kier molecular flexibility index (Phi) is 5.28. The predicted octanol–water partition coefficient (Wildman–Crippen LogP) is 0.721. The fourth-order valence-corrected chi connectivity index (χ4v) is 1.94. The summed E-state index contributed by atoms with van der Waals surface area (Å²) in [4.78, 5) is 4.19. The smallest absolute Gasteiger partial charge is 0.213 e. The maximum Gasteiger partial charge on any atom is 0.213 e. The summed E-state index contributed by atoms with van der Waals surface area (Å²) in [6.07, 6.45) is 0. The number of pyridine rings is 1. The summed E-state index contributed by atoms with van der Waals surface area (Å²) in [5, 5.41) is 8.62. The van der Waals surface area contributed by atoms with Gasteiger partial charge in [-0.1, -0.05) is 6.07 Å². The van der Waals surface area contributed by atoms with E-state index in [2.05, 4.69) is 4.98 Å². The van der Waals surface area contributed by atoms with Crippen LogP contribution in [-0.4, -0.2) is 33.3 Å². The van der Waals surface area contributed by atoms with E-state index in [1.165, 1.54) is 0 Å². The number of aliphatic hydroxyl groups is 1. The summed E-state index contributed by atoms with van der Waals surface area (Å²) < 4.78 is 16.6. The highest BCUT2D eigenvalue weighted by Crippen LogP contribution is 2.09. The summed E-state index contributed by atoms with van der Waals surface area (Å²) in [5.41, 5.74) is 0.729. The van der Waals surface area contributed by atoms with Gasteiger partial charge in [0.2, 0.25) is 5.88 Å². The van der Waals surface area contributed by atoms with Crippen LogP contribution >= 0.6 is 0 Å². The first kappa shape index (κ1) is 12.1. The summed E-state index contributed by atoms with van der Waals surface area (Å²) in [6.45, 7) is 2.40. The van der Waals surface area contributed by atoms with E-state index in [-0.39, 0.29) is 6.61 Å². The second-order valence-electron chi connectivity index (χ2n) is 2.91. The highest BCUT2D eigenvalue weighted by Gasteiger charge is 2.03. The van der Waals surface area contributed by atoms with Crippen LogP contribution in [0, 0.1) is 0 Å². The zero-order valence-electron chi connectivity index (χ0n) is 8.68. The Hall–Kier alpha value is -0.940. The second kappa shape index (κ2) is 6.53. The van der Waals surface area contributed by atoms with Crippen LogP contribution in [0.5, 0.6) is 5.88 Å². The van der Waals surface area contributed by atoms with Crippen LogP contribution in [0.15, 0.2) is 18.2 Å². The van der Waals surface area contributed by atoms with Crippen molar-refractivity contribution in [3.63, 3.8) is 0 Å². The van der Waals surface area contributed by atoms with Crippen molar-refractivity contribution in [2.75, 3.05) is 19.0 Å². The van der Waals surface area contributed by atoms with Gasteiger partial charge in [0.1, 0.15) is 0 Å². The molecule has 5 heteroatoms. The first-order valence-corrected chi connectivity index (χ1v) is 6.29. The molecule has 0 bridgehead atoms. The van der Waals surface area contributed by atoms with Gasteiger partial charge in [0.05, 0.1) is 24.7 Å². The lowest BCUT2D eigenvalue weighted by Gasteiger charge is -2.04. The molecule has 4 nitrogen and oxygen atoms in total. The lowest BCUT2D eigenvalue weighted by molar-refractivity contribution is 0.321. The molecule has 1 aromatic rings. The van der Waals surface area contributed by atoms with Crippen LogP contribution < -0.4 is 4.74 Å². The standard InChI is InChI=1S/C10H15NO3S/c1-2-14-10-5-3-4-9(11-10)8-15(13)7-6-12/h3-5,12H,2,6-8H2,1H3/t15-/m1/s1. The van der Waals surface area contributed by atoms with E-state index in [1.54, 1.807) is 12.1 Å². The average molecular weight is 229 g/mol. The zero-order valence-corrected chi connectivity index (χ0v) is 9.50. The summed E-state index contributed by atoms with van der Waals surface area (Å²) in [5.74, 6) is 1.21. The van der Waals surface area contributed by atoms with Crippen LogP contribution in [0.3, 0.4) is 0 Å². The number of rotatable bonds is 6. The fourth-order valence-electron chi connectivity index (χ4n) is 1.11. The van der Waals surface area contributed by atoms with Gasteiger partial charge in [-0.25, -0.2) is 4.98 Å². The van der Waals surface area contributed by atoms with Gasteiger partial charge in [-0.3, -0.25) is 4.21 Å². The summed E-state index contributed by atoms with van der Waals surface area (Å²) in [6, 6.07) is 5.39. The maximum absolute atomic E-state index is 11.4. The number of aliphatic hydroxyl groups excluding tert-OH is 1. The van der Waals surface area contributed by atoms with E-state index < -0.39 is 10.8 Å². The van der Waals surface area contributed by atoms with Crippen molar-refractivity contribution in [1.82, 2.24) is 4.98 Å². The Bertz CT molecular complexity index is 330. The average Bonchev–Trinajstić information content (AvgIpc) is 2.19. The van der Waals surface area contributed by atoms with Gasteiger partial charge >= 0.3 is 0 Å². The van der Waals surface area contributed by atoms with Crippen LogP contribution in [0.1, 0.15) is 12.6 Å². The molecular formula is C10H15NO3S. The minimum absolute atomic E-state index is 0.0578. The van der Waals surface area contributed by atoms with Crippen molar-refractivity contribution in [1.29, 1.82) is 0 Å². The zero-order chi connectivity index (χ0) is 11.1. The molecule has 0 spiro atoms. The third-order valence-corrected chi connectivity index (χ3v) is 2.96. The van der Waals surface area contributed by atoms with Crippen molar-refractivity contribution >= 4 is 10.8 Å². The summed E-state index contributed by atoms with van der Waals surface area (Å²) in [7, 11) is -1.05. The van der Waals surface area contributed by atoms with Crippen molar-refractivity contribution < 1.29 is 14.1 Å². The molecule has 1 rings (SSSR count). The number of ether oxygens (including phenoxy) is 1. The molecule has 0 aliphatic carbocycles. The number of hydrogen-bond acceptors (Lipinski definition) is 4. The number of nitrogens with zero attached hydrogens (tertiary/aromatic N) is 1. The van der Waals surface area contributed by atoms with Gasteiger partial charge in [-0.05, 0) is 13.0 Å². The maximum atomic E-state index is 11.4. The lowest BCUT2D eigenvalue weighted by atomic mass is 10.4. The second-order valence-corrected chi connectivity index (χ2v) is 4.49. The monoisotopic (exact) mass is 229 g/mol. The molecule has 0 saturated carbocycles. The molecule has 1 heterocycles. The van der Waals surface area contributed by atoms with Crippen molar-refractivity contribution in [3.05, 3.63) is 23.9 Å². The van der Waals surface area contributed by atoms with Crippen LogP contribution in [0.25, 0.3) is 0 Å². The molecule has 0 radical (unpaired) electrons. The van der Waals surface area contributed by atoms with E-state index >= 15 is 0 Å². The van der Waals surface area contributed by atoms with Crippen LogP contribution in [0.4, 0.5) is 0 Å². The van der Waals surface area contributed by atoms with Gasteiger partial charge in [-0.15, -0.1) is 0 Å². The molecule has 1 N–H and O–H groups in total. The minimum atomic E-state index is -1.05. The Morgan fingerprint density at radius 1 is 1.53 bits per heavy atom. The summed E-state index contributed by atoms with van der Waals surface area (Å²) >= 11 is 0. The largest absolute Gasteiger partial charge is 0.478 e. The molecule has 0 fully saturated rings. The van der Waals surface area contributed by atoms with Gasteiger partial charge in [0.25, 0.3) is 0 Å². The molecule has 0 unspecified atom stereocenters. The van der Waals surface area contributed by atoms with Crippen molar-refractivity contribution in [2.45, 2.75) is 12.7 Å². The van der Waals surface area contributed by atoms with E-state index in [0.717, 1.165) is 5.69 Å². The SMILES string of the molecule is CCOc1cccc(C[S@](=O)CCO)n1. The molecule has 84 valence electrons. The highest BCUT2D eigenvalue weighted by molar-refractivity contribution is 7.84. The third kappa shape index (κ3) is 4.40. The van der Waals surface area contributed by atoms with Gasteiger partial charge in [0.15, 0.2) is 0 Å². The molecule has 0 aromatic carbocycles. The lowest BCUT2D eigenvalue weighted by Crippen LogP contribution is -2.06. The molecule has 0 aliphatic rings. The quantitative estimate of drug-likeness (QED) is 0.781. The molecular weight excluding hydrogens is 214 g/mol. The van der Waals surface area contributed by atoms with Crippen molar-refractivity contribution in [2.24, 2.45) is 0 Å². The number of hydrogen-bond donors (Lipinski definition) is 1. The van der Waals surface area contributed by atoms with Crippen LogP contribution in [0.2, 0.25) is 0 Å². The van der Waals surface area contributed by atoms with Gasteiger partial charge in [0, 0.05) is 22.6 Å². The minimum Gasteiger partial charge on any atom is -0.478 e. The van der Waals surface area contributed by atoms with Crippen molar-refractivity contribution in [3.8, 4) is 5.88 Å².